The van der Waals surface area contributed by atoms with E-state index in [1.165, 1.54) is 0 Å². The van der Waals surface area contributed by atoms with Crippen molar-refractivity contribution in [2.45, 2.75) is 6.18 Å². The highest BCUT2D eigenvalue weighted by molar-refractivity contribution is 6.37. The molecule has 0 spiro atoms. The van der Waals surface area contributed by atoms with Crippen molar-refractivity contribution in [1.82, 2.24) is 0 Å². The summed E-state index contributed by atoms with van der Waals surface area (Å²) < 4.78 is 50.3. The van der Waals surface area contributed by atoms with E-state index in [1.807, 2.05) is 0 Å². The fourth-order valence-electron chi connectivity index (χ4n) is 1.09. The van der Waals surface area contributed by atoms with Gasteiger partial charge in [-0.05, 0) is 12.1 Å². The number of alkyl halides is 4. The van der Waals surface area contributed by atoms with Crippen molar-refractivity contribution >= 4 is 29.0 Å². The van der Waals surface area contributed by atoms with Crippen LogP contribution < -0.4 is 0 Å². The number of carbonyl (C=O) groups is 1. The van der Waals surface area contributed by atoms with Gasteiger partial charge in [-0.25, -0.2) is 4.39 Å². The van der Waals surface area contributed by atoms with Crippen molar-refractivity contribution in [1.29, 1.82) is 0 Å². The second kappa shape index (κ2) is 4.59. The summed E-state index contributed by atoms with van der Waals surface area (Å²) >= 11 is 10.6. The van der Waals surface area contributed by atoms with E-state index in [0.29, 0.717) is 6.07 Å². The number of ketones is 1. The smallest absolute Gasteiger partial charge is 0.293 e. The lowest BCUT2D eigenvalue weighted by Crippen LogP contribution is -2.13. The summed E-state index contributed by atoms with van der Waals surface area (Å²) in [6.07, 6.45) is -4.88. The molecule has 1 rings (SSSR count). The molecular formula is C9H4Cl2F4O. The van der Waals surface area contributed by atoms with Crippen LogP contribution in [0.25, 0.3) is 0 Å². The number of hydrogen-bond donors (Lipinski definition) is 0. The van der Waals surface area contributed by atoms with Gasteiger partial charge in [0.25, 0.3) is 0 Å². The van der Waals surface area contributed by atoms with Gasteiger partial charge in [0.05, 0.1) is 22.0 Å². The molecule has 1 aromatic carbocycles. The molecule has 16 heavy (non-hydrogen) atoms. The van der Waals surface area contributed by atoms with Crippen molar-refractivity contribution in [2.24, 2.45) is 0 Å². The van der Waals surface area contributed by atoms with Crippen LogP contribution in [0, 0.1) is 5.82 Å². The summed E-state index contributed by atoms with van der Waals surface area (Å²) in [6.45, 7) is 0. The maximum Gasteiger partial charge on any atom is 0.419 e. The third-order valence-electron chi connectivity index (χ3n) is 1.80. The Morgan fingerprint density at radius 3 is 2.31 bits per heavy atom. The minimum atomic E-state index is -4.88. The maximum atomic E-state index is 13.4. The van der Waals surface area contributed by atoms with Crippen LogP contribution >= 0.6 is 23.2 Å². The lowest BCUT2D eigenvalue weighted by Gasteiger charge is -2.11. The Kier molecular flexibility index (Phi) is 3.80. The molecule has 0 aliphatic rings. The molecule has 7 heteroatoms. The van der Waals surface area contributed by atoms with Gasteiger partial charge in [-0.1, -0.05) is 11.6 Å². The average molecular weight is 275 g/mol. The Morgan fingerprint density at radius 2 is 1.88 bits per heavy atom. The molecule has 0 amide bonds. The standard InChI is InChI=1S/C9H4Cl2F4O/c10-3-6(16)7-5(11)2-1-4(8(7)12)9(13,14)15/h1-2H,3H2. The molecule has 0 N–H and O–H groups in total. The lowest BCUT2D eigenvalue weighted by atomic mass is 10.1. The van der Waals surface area contributed by atoms with Gasteiger partial charge in [-0.2, -0.15) is 13.2 Å². The van der Waals surface area contributed by atoms with Crippen molar-refractivity contribution in [3.8, 4) is 0 Å². The van der Waals surface area contributed by atoms with E-state index in [-0.39, 0.29) is 0 Å². The van der Waals surface area contributed by atoms with E-state index >= 15 is 0 Å². The molecule has 0 bridgehead atoms. The second-order valence-corrected chi connectivity index (χ2v) is 3.51. The van der Waals surface area contributed by atoms with Crippen LogP contribution in [0.4, 0.5) is 17.6 Å². The molecule has 0 fully saturated rings. The quantitative estimate of drug-likeness (QED) is 0.454. The highest BCUT2D eigenvalue weighted by atomic mass is 35.5. The fraction of sp³-hybridized carbons (Fsp3) is 0.222. The highest BCUT2D eigenvalue weighted by Gasteiger charge is 2.36. The normalized spacial score (nSPS) is 11.6. The first-order chi connectivity index (χ1) is 7.29. The summed E-state index contributed by atoms with van der Waals surface area (Å²) in [6, 6.07) is 1.29. The zero-order valence-corrected chi connectivity index (χ0v) is 9.05. The van der Waals surface area contributed by atoms with E-state index in [0.717, 1.165) is 6.07 Å². The largest absolute Gasteiger partial charge is 0.419 e. The predicted molar refractivity (Wildman–Crippen MR) is 51.5 cm³/mol. The van der Waals surface area contributed by atoms with Gasteiger partial charge in [0.2, 0.25) is 0 Å². The number of hydrogen-bond acceptors (Lipinski definition) is 1. The van der Waals surface area contributed by atoms with Gasteiger partial charge in [0, 0.05) is 0 Å². The molecule has 0 atom stereocenters. The number of carbonyl (C=O) groups excluding carboxylic acids is 1. The molecule has 0 aliphatic heterocycles. The molecule has 0 saturated carbocycles. The number of Topliss-reactive ketones (excluding diaryl/α,β-unsaturated/α-hetero) is 1. The molecule has 1 aromatic rings. The minimum absolute atomic E-state index is 0.392. The fourth-order valence-corrected chi connectivity index (χ4v) is 1.48. The third-order valence-corrected chi connectivity index (χ3v) is 2.35. The SMILES string of the molecule is O=C(CCl)c1c(Cl)ccc(C(F)(F)F)c1F. The number of benzene rings is 1. The first-order valence-electron chi connectivity index (χ1n) is 3.93. The Labute approximate surface area is 98.0 Å². The maximum absolute atomic E-state index is 13.4. The third kappa shape index (κ3) is 2.47. The van der Waals surface area contributed by atoms with E-state index in [1.54, 1.807) is 0 Å². The van der Waals surface area contributed by atoms with Gasteiger partial charge >= 0.3 is 6.18 Å². The topological polar surface area (TPSA) is 17.1 Å². The summed E-state index contributed by atoms with van der Waals surface area (Å²) in [5, 5.41) is -0.392. The number of rotatable bonds is 2. The second-order valence-electron chi connectivity index (χ2n) is 2.84. The zero-order chi connectivity index (χ0) is 12.5. The van der Waals surface area contributed by atoms with Gasteiger partial charge in [-0.3, -0.25) is 4.79 Å². The van der Waals surface area contributed by atoms with Crippen LogP contribution in [-0.4, -0.2) is 11.7 Å². The van der Waals surface area contributed by atoms with E-state index < -0.39 is 39.8 Å². The molecule has 88 valence electrons. The van der Waals surface area contributed by atoms with Gasteiger partial charge in [-0.15, -0.1) is 11.6 Å². The molecule has 0 aliphatic carbocycles. The molecule has 0 aromatic heterocycles. The predicted octanol–water partition coefficient (Wildman–Crippen LogP) is 3.92. The van der Waals surface area contributed by atoms with Crippen LogP contribution in [0.1, 0.15) is 15.9 Å². The van der Waals surface area contributed by atoms with E-state index in [9.17, 15) is 22.4 Å². The van der Waals surface area contributed by atoms with Gasteiger partial charge < -0.3 is 0 Å². The summed E-state index contributed by atoms with van der Waals surface area (Å²) in [4.78, 5) is 11.1. The average Bonchev–Trinajstić information content (AvgIpc) is 2.15. The molecule has 1 nitrogen and oxygen atoms in total. The minimum Gasteiger partial charge on any atom is -0.293 e. The molecule has 0 heterocycles. The van der Waals surface area contributed by atoms with Crippen molar-refractivity contribution in [3.63, 3.8) is 0 Å². The monoisotopic (exact) mass is 274 g/mol. The Hall–Kier alpha value is -0.810. The Balaban J connectivity index is 3.45. The number of halogens is 6. The van der Waals surface area contributed by atoms with Crippen LogP contribution in [0.5, 0.6) is 0 Å². The first kappa shape index (κ1) is 13.3. The van der Waals surface area contributed by atoms with E-state index in [2.05, 4.69) is 0 Å². The van der Waals surface area contributed by atoms with E-state index in [4.69, 9.17) is 23.2 Å². The zero-order valence-electron chi connectivity index (χ0n) is 7.54. The summed E-state index contributed by atoms with van der Waals surface area (Å²) in [5.41, 5.74) is -2.36. The van der Waals surface area contributed by atoms with Crippen LogP contribution in [-0.2, 0) is 6.18 Å². The van der Waals surface area contributed by atoms with Crippen molar-refractivity contribution in [3.05, 3.63) is 34.1 Å². The van der Waals surface area contributed by atoms with Gasteiger partial charge in [0.1, 0.15) is 5.82 Å². The molecule has 0 unspecified atom stereocenters. The van der Waals surface area contributed by atoms with Gasteiger partial charge in [0.15, 0.2) is 5.78 Å². The molecular weight excluding hydrogens is 271 g/mol. The lowest BCUT2D eigenvalue weighted by molar-refractivity contribution is -0.140. The molecule has 0 saturated heterocycles. The molecule has 0 radical (unpaired) electrons. The Morgan fingerprint density at radius 1 is 1.31 bits per heavy atom. The summed E-state index contributed by atoms with van der Waals surface area (Å²) in [5.74, 6) is -3.32. The van der Waals surface area contributed by atoms with Crippen molar-refractivity contribution < 1.29 is 22.4 Å². The first-order valence-corrected chi connectivity index (χ1v) is 4.84. The highest BCUT2D eigenvalue weighted by Crippen LogP contribution is 2.34. The van der Waals surface area contributed by atoms with Crippen LogP contribution in [0.15, 0.2) is 12.1 Å². The van der Waals surface area contributed by atoms with Crippen molar-refractivity contribution in [2.75, 3.05) is 5.88 Å². The Bertz CT molecular complexity index is 428. The van der Waals surface area contributed by atoms with Crippen LogP contribution in [0.2, 0.25) is 5.02 Å². The summed E-state index contributed by atoms with van der Waals surface area (Å²) in [7, 11) is 0. The van der Waals surface area contributed by atoms with Crippen LogP contribution in [0.3, 0.4) is 0 Å².